The van der Waals surface area contributed by atoms with E-state index in [9.17, 15) is 13.2 Å². The molecule has 0 spiro atoms. The quantitative estimate of drug-likeness (QED) is 0.818. The highest BCUT2D eigenvalue weighted by molar-refractivity contribution is 9.10. The van der Waals surface area contributed by atoms with Crippen LogP contribution < -0.4 is 5.32 Å². The summed E-state index contributed by atoms with van der Waals surface area (Å²) in [4.78, 5) is 0. The lowest BCUT2D eigenvalue weighted by Crippen LogP contribution is -2.49. The van der Waals surface area contributed by atoms with Crippen LogP contribution in [0.5, 0.6) is 0 Å². The number of aliphatic hydroxyl groups is 1. The van der Waals surface area contributed by atoms with E-state index in [2.05, 4.69) is 15.9 Å². The molecule has 0 aliphatic carbocycles. The van der Waals surface area contributed by atoms with Crippen molar-refractivity contribution in [2.75, 3.05) is 5.32 Å². The van der Waals surface area contributed by atoms with E-state index in [0.29, 0.717) is 11.4 Å². The molecule has 1 rings (SSSR count). The van der Waals surface area contributed by atoms with Crippen LogP contribution in [0.4, 0.5) is 18.9 Å². The van der Waals surface area contributed by atoms with Gasteiger partial charge in [0, 0.05) is 10.2 Å². The Morgan fingerprint density at radius 2 is 1.93 bits per heavy atom. The number of rotatable bonds is 2. The summed E-state index contributed by atoms with van der Waals surface area (Å²) in [6.07, 6.45) is -4.73. The predicted octanol–water partition coefficient (Wildman–Crippen LogP) is 3.13. The Labute approximate surface area is 93.2 Å². The Hall–Kier alpha value is -0.750. The highest BCUT2D eigenvalue weighted by Gasteiger charge is 2.50. The summed E-state index contributed by atoms with van der Waals surface area (Å²) < 4.78 is 37.5. The van der Waals surface area contributed by atoms with Gasteiger partial charge in [0.15, 0.2) is 0 Å². The van der Waals surface area contributed by atoms with Crippen LogP contribution in [0.2, 0.25) is 0 Å². The van der Waals surface area contributed by atoms with Gasteiger partial charge in [-0.1, -0.05) is 22.0 Å². The zero-order valence-corrected chi connectivity index (χ0v) is 9.35. The van der Waals surface area contributed by atoms with Crippen LogP contribution in [0.15, 0.2) is 28.7 Å². The third-order valence-electron chi connectivity index (χ3n) is 1.76. The molecule has 0 aliphatic heterocycles. The molecule has 0 amide bonds. The van der Waals surface area contributed by atoms with Gasteiger partial charge in [-0.25, -0.2) is 0 Å². The normalized spacial score (nSPS) is 15.9. The van der Waals surface area contributed by atoms with Crippen LogP contribution in [-0.2, 0) is 0 Å². The van der Waals surface area contributed by atoms with E-state index < -0.39 is 11.9 Å². The maximum absolute atomic E-state index is 12.3. The first-order valence-electron chi connectivity index (χ1n) is 4.05. The van der Waals surface area contributed by atoms with Crippen molar-refractivity contribution in [2.45, 2.75) is 18.8 Å². The molecule has 0 aliphatic rings. The Kier molecular flexibility index (Phi) is 3.30. The first kappa shape index (κ1) is 12.3. The molecule has 0 saturated heterocycles. The van der Waals surface area contributed by atoms with Crippen molar-refractivity contribution in [2.24, 2.45) is 0 Å². The molecule has 0 fully saturated rings. The molecule has 15 heavy (non-hydrogen) atoms. The highest BCUT2D eigenvalue weighted by atomic mass is 79.9. The van der Waals surface area contributed by atoms with Crippen molar-refractivity contribution < 1.29 is 18.3 Å². The molecule has 2 nitrogen and oxygen atoms in total. The molecule has 0 heterocycles. The van der Waals surface area contributed by atoms with Crippen LogP contribution in [0, 0.1) is 0 Å². The number of anilines is 1. The Balaban J connectivity index is 2.87. The summed E-state index contributed by atoms with van der Waals surface area (Å²) in [7, 11) is 0. The Morgan fingerprint density at radius 1 is 1.33 bits per heavy atom. The third-order valence-corrected chi connectivity index (χ3v) is 2.26. The predicted molar refractivity (Wildman–Crippen MR) is 54.4 cm³/mol. The van der Waals surface area contributed by atoms with Crippen molar-refractivity contribution in [1.29, 1.82) is 0 Å². The molecule has 0 bridgehead atoms. The molecule has 0 radical (unpaired) electrons. The van der Waals surface area contributed by atoms with Crippen LogP contribution in [0.25, 0.3) is 0 Å². The number of hydrogen-bond acceptors (Lipinski definition) is 2. The second-order valence-corrected chi connectivity index (χ2v) is 4.12. The monoisotopic (exact) mass is 283 g/mol. The lowest BCUT2D eigenvalue weighted by molar-refractivity contribution is -0.240. The van der Waals surface area contributed by atoms with E-state index in [0.717, 1.165) is 0 Å². The minimum Gasteiger partial charge on any atom is -0.364 e. The minimum absolute atomic E-state index is 0.187. The topological polar surface area (TPSA) is 32.3 Å². The third kappa shape index (κ3) is 3.10. The fourth-order valence-electron chi connectivity index (χ4n) is 0.918. The maximum atomic E-state index is 12.3. The summed E-state index contributed by atoms with van der Waals surface area (Å²) in [6, 6.07) is 6.12. The standard InChI is InChI=1S/C9H9BrF3NO/c1-8(15,9(11,12)13)14-7-4-2-3-6(10)5-7/h2-5,14-15H,1H3. The van der Waals surface area contributed by atoms with E-state index in [-0.39, 0.29) is 5.69 Å². The number of benzene rings is 1. The second-order valence-electron chi connectivity index (χ2n) is 3.21. The van der Waals surface area contributed by atoms with Crippen molar-refractivity contribution in [3.8, 4) is 0 Å². The zero-order valence-electron chi connectivity index (χ0n) is 7.77. The van der Waals surface area contributed by atoms with Gasteiger partial charge in [0.1, 0.15) is 0 Å². The summed E-state index contributed by atoms with van der Waals surface area (Å²) in [5.41, 5.74) is -2.75. The molecule has 1 atom stereocenters. The number of nitrogens with one attached hydrogen (secondary N) is 1. The molecule has 2 N–H and O–H groups in total. The van der Waals surface area contributed by atoms with Gasteiger partial charge in [-0.05, 0) is 25.1 Å². The maximum Gasteiger partial charge on any atom is 0.436 e. The molecule has 1 aromatic carbocycles. The first-order valence-corrected chi connectivity index (χ1v) is 4.84. The first-order chi connectivity index (χ1) is 6.72. The number of alkyl halides is 3. The largest absolute Gasteiger partial charge is 0.436 e. The molecule has 6 heteroatoms. The molecule has 0 aromatic heterocycles. The SMILES string of the molecule is CC(O)(Nc1cccc(Br)c1)C(F)(F)F. The van der Waals surface area contributed by atoms with Gasteiger partial charge in [-0.2, -0.15) is 13.2 Å². The van der Waals surface area contributed by atoms with E-state index >= 15 is 0 Å². The van der Waals surface area contributed by atoms with Gasteiger partial charge in [0.05, 0.1) is 0 Å². The minimum atomic E-state index is -4.73. The highest BCUT2D eigenvalue weighted by Crippen LogP contribution is 2.31. The van der Waals surface area contributed by atoms with Gasteiger partial charge in [-0.15, -0.1) is 0 Å². The smallest absolute Gasteiger partial charge is 0.364 e. The van der Waals surface area contributed by atoms with Crippen LogP contribution in [0.3, 0.4) is 0 Å². The van der Waals surface area contributed by atoms with E-state index in [1.165, 1.54) is 12.1 Å². The number of halogens is 4. The average Bonchev–Trinajstić information content (AvgIpc) is 2.00. The van der Waals surface area contributed by atoms with Crippen LogP contribution in [-0.4, -0.2) is 17.0 Å². The Morgan fingerprint density at radius 3 is 2.40 bits per heavy atom. The summed E-state index contributed by atoms with van der Waals surface area (Å²) in [6.45, 7) is 0.661. The molecule has 84 valence electrons. The second kappa shape index (κ2) is 4.02. The van der Waals surface area contributed by atoms with Crippen molar-refractivity contribution in [3.05, 3.63) is 28.7 Å². The molecule has 0 saturated carbocycles. The number of hydrogen-bond donors (Lipinski definition) is 2. The molecule has 1 unspecified atom stereocenters. The fraction of sp³-hybridized carbons (Fsp3) is 0.333. The van der Waals surface area contributed by atoms with Crippen LogP contribution in [0.1, 0.15) is 6.92 Å². The molecular weight excluding hydrogens is 275 g/mol. The Bertz CT molecular complexity index is 351. The summed E-state index contributed by atoms with van der Waals surface area (Å²) in [5.74, 6) is 0. The zero-order chi connectivity index (χ0) is 11.7. The van der Waals surface area contributed by atoms with E-state index in [1.807, 2.05) is 5.32 Å². The van der Waals surface area contributed by atoms with E-state index in [4.69, 9.17) is 5.11 Å². The van der Waals surface area contributed by atoms with Gasteiger partial charge in [0.2, 0.25) is 5.72 Å². The van der Waals surface area contributed by atoms with Crippen LogP contribution >= 0.6 is 15.9 Å². The lowest BCUT2D eigenvalue weighted by Gasteiger charge is -2.28. The fourth-order valence-corrected chi connectivity index (χ4v) is 1.32. The van der Waals surface area contributed by atoms with Crippen molar-refractivity contribution in [3.63, 3.8) is 0 Å². The van der Waals surface area contributed by atoms with Gasteiger partial charge < -0.3 is 10.4 Å². The summed E-state index contributed by atoms with van der Waals surface area (Å²) in [5, 5.41) is 11.1. The molecule has 1 aromatic rings. The van der Waals surface area contributed by atoms with Crippen molar-refractivity contribution >= 4 is 21.6 Å². The van der Waals surface area contributed by atoms with Gasteiger partial charge >= 0.3 is 6.18 Å². The van der Waals surface area contributed by atoms with E-state index in [1.54, 1.807) is 12.1 Å². The lowest BCUT2D eigenvalue weighted by atomic mass is 10.2. The average molecular weight is 284 g/mol. The van der Waals surface area contributed by atoms with Gasteiger partial charge in [0.25, 0.3) is 0 Å². The molecular formula is C9H9BrF3NO. The van der Waals surface area contributed by atoms with Crippen molar-refractivity contribution in [1.82, 2.24) is 0 Å². The van der Waals surface area contributed by atoms with Gasteiger partial charge in [-0.3, -0.25) is 0 Å². The summed E-state index contributed by atoms with van der Waals surface area (Å²) >= 11 is 3.12.